The highest BCUT2D eigenvalue weighted by atomic mass is 35.5. The van der Waals surface area contributed by atoms with Gasteiger partial charge in [-0.2, -0.15) is 0 Å². The molecular formula is C18H21ClFNO3S2. The summed E-state index contributed by atoms with van der Waals surface area (Å²) in [4.78, 5) is -0.130. The minimum Gasteiger partial charge on any atom is -0.242 e. The highest BCUT2D eigenvalue weighted by Crippen LogP contribution is 2.30. The molecule has 0 saturated heterocycles. The zero-order valence-corrected chi connectivity index (χ0v) is 17.0. The first-order valence-electron chi connectivity index (χ1n) is 7.90. The summed E-state index contributed by atoms with van der Waals surface area (Å²) in [6, 6.07) is 12.2. The zero-order valence-electron chi connectivity index (χ0n) is 14.6. The maximum atomic E-state index is 15.2. The van der Waals surface area contributed by atoms with Crippen molar-refractivity contribution in [3.05, 3.63) is 65.2 Å². The Hall–Kier alpha value is -1.28. The smallest absolute Gasteiger partial charge is 0.225 e. The van der Waals surface area contributed by atoms with E-state index in [-0.39, 0.29) is 4.90 Å². The average molecular weight is 418 g/mol. The van der Waals surface area contributed by atoms with E-state index in [4.69, 9.17) is 11.6 Å². The molecule has 26 heavy (non-hydrogen) atoms. The third-order valence-corrected chi connectivity index (χ3v) is 7.28. The Bertz CT molecular complexity index is 866. The molecule has 0 radical (unpaired) electrons. The fraction of sp³-hybridized carbons (Fsp3) is 0.333. The molecule has 1 N–H and O–H groups in total. The minimum absolute atomic E-state index is 0.130. The highest BCUT2D eigenvalue weighted by Gasteiger charge is 2.38. The number of benzene rings is 2. The summed E-state index contributed by atoms with van der Waals surface area (Å²) in [5.41, 5.74) is -1.98. The van der Waals surface area contributed by atoms with Crippen LogP contribution in [0.25, 0.3) is 0 Å². The van der Waals surface area contributed by atoms with Gasteiger partial charge in [-0.25, -0.2) is 21.7 Å². The topological polar surface area (TPSA) is 63.2 Å². The third-order valence-electron chi connectivity index (χ3n) is 3.65. The molecule has 0 amide bonds. The fourth-order valence-corrected chi connectivity index (χ4v) is 4.59. The Morgan fingerprint density at radius 2 is 1.58 bits per heavy atom. The van der Waals surface area contributed by atoms with Crippen molar-refractivity contribution in [1.29, 1.82) is 0 Å². The maximum Gasteiger partial charge on any atom is 0.225 e. The van der Waals surface area contributed by atoms with Crippen LogP contribution in [0.5, 0.6) is 0 Å². The van der Waals surface area contributed by atoms with E-state index in [9.17, 15) is 12.6 Å². The van der Waals surface area contributed by atoms with E-state index in [1.54, 1.807) is 26.8 Å². The first kappa shape index (κ1) is 21.0. The number of sulfone groups is 1. The van der Waals surface area contributed by atoms with Gasteiger partial charge >= 0.3 is 0 Å². The van der Waals surface area contributed by atoms with Crippen LogP contribution >= 0.6 is 11.6 Å². The van der Waals surface area contributed by atoms with Gasteiger partial charge in [0, 0.05) is 5.02 Å². The van der Waals surface area contributed by atoms with Crippen LogP contribution in [0.4, 0.5) is 4.39 Å². The quantitative estimate of drug-likeness (QED) is 0.766. The van der Waals surface area contributed by atoms with Crippen molar-refractivity contribution in [3.63, 3.8) is 0 Å². The normalized spacial score (nSPS) is 16.0. The molecule has 3 unspecified atom stereocenters. The fourth-order valence-electron chi connectivity index (χ4n) is 2.15. The molecular weight excluding hydrogens is 397 g/mol. The molecule has 3 atom stereocenters. The molecule has 0 spiro atoms. The van der Waals surface area contributed by atoms with Crippen molar-refractivity contribution in [2.45, 2.75) is 42.0 Å². The molecule has 0 aliphatic heterocycles. The molecule has 0 heterocycles. The van der Waals surface area contributed by atoms with Crippen LogP contribution in [-0.4, -0.2) is 22.9 Å². The van der Waals surface area contributed by atoms with Crippen molar-refractivity contribution >= 4 is 32.4 Å². The number of rotatable bonds is 6. The Morgan fingerprint density at radius 1 is 1.04 bits per heavy atom. The Labute approximate surface area is 161 Å². The molecule has 0 bridgehead atoms. The lowest BCUT2D eigenvalue weighted by Gasteiger charge is -2.27. The van der Waals surface area contributed by atoms with Crippen LogP contribution in [0.2, 0.25) is 5.02 Å². The third kappa shape index (κ3) is 4.91. The van der Waals surface area contributed by atoms with Gasteiger partial charge in [-0.1, -0.05) is 41.9 Å². The van der Waals surface area contributed by atoms with Crippen LogP contribution in [0.1, 0.15) is 32.4 Å². The van der Waals surface area contributed by atoms with Crippen molar-refractivity contribution < 1.29 is 17.0 Å². The molecule has 4 nitrogen and oxygen atoms in total. The van der Waals surface area contributed by atoms with Crippen LogP contribution in [0.15, 0.2) is 59.5 Å². The van der Waals surface area contributed by atoms with E-state index in [0.717, 1.165) is 0 Å². The van der Waals surface area contributed by atoms with Gasteiger partial charge in [0.15, 0.2) is 0 Å². The standard InChI is InChI=1S/C18H21ClFNO3S2/c1-18(2,3)25(22)21-16(13-9-11-14(19)12-10-13)17(20)26(23,24)15-7-5-4-6-8-15/h4-12,16-17,21H,1-3H3. The summed E-state index contributed by atoms with van der Waals surface area (Å²) in [6.45, 7) is 5.15. The highest BCUT2D eigenvalue weighted by molar-refractivity contribution is 7.92. The predicted octanol–water partition coefficient (Wildman–Crippen LogP) is 4.20. The second-order valence-electron chi connectivity index (χ2n) is 6.74. The molecule has 142 valence electrons. The van der Waals surface area contributed by atoms with E-state index in [2.05, 4.69) is 4.72 Å². The summed E-state index contributed by atoms with van der Waals surface area (Å²) >= 11 is 5.87. The lowest BCUT2D eigenvalue weighted by Crippen LogP contribution is -2.41. The molecule has 0 saturated carbocycles. The molecule has 2 aromatic rings. The van der Waals surface area contributed by atoms with E-state index in [1.807, 2.05) is 0 Å². The molecule has 2 aromatic carbocycles. The van der Waals surface area contributed by atoms with Crippen LogP contribution in [0.3, 0.4) is 0 Å². The maximum absolute atomic E-state index is 15.2. The second-order valence-corrected chi connectivity index (χ2v) is 11.2. The van der Waals surface area contributed by atoms with E-state index >= 15 is 4.39 Å². The predicted molar refractivity (Wildman–Crippen MR) is 104 cm³/mol. The van der Waals surface area contributed by atoms with E-state index in [1.165, 1.54) is 48.5 Å². The number of alkyl halides is 1. The van der Waals surface area contributed by atoms with Crippen molar-refractivity contribution in [3.8, 4) is 0 Å². The average Bonchev–Trinajstić information content (AvgIpc) is 2.59. The number of hydrogen-bond acceptors (Lipinski definition) is 3. The monoisotopic (exact) mass is 417 g/mol. The Morgan fingerprint density at radius 3 is 2.08 bits per heavy atom. The second kappa shape index (κ2) is 8.17. The zero-order chi connectivity index (χ0) is 19.5. The lowest BCUT2D eigenvalue weighted by molar-refractivity contribution is 0.354. The van der Waals surface area contributed by atoms with Gasteiger partial charge in [0.05, 0.1) is 26.7 Å². The van der Waals surface area contributed by atoms with Crippen LogP contribution in [0, 0.1) is 0 Å². The molecule has 0 aromatic heterocycles. The molecule has 0 aliphatic carbocycles. The van der Waals surface area contributed by atoms with Gasteiger partial charge in [0.25, 0.3) is 0 Å². The molecule has 2 rings (SSSR count). The summed E-state index contributed by atoms with van der Waals surface area (Å²) in [5, 5.41) is 0.436. The van der Waals surface area contributed by atoms with E-state index in [0.29, 0.717) is 10.6 Å². The van der Waals surface area contributed by atoms with Gasteiger partial charge in [0.2, 0.25) is 15.3 Å². The Kier molecular flexibility index (Phi) is 6.60. The van der Waals surface area contributed by atoms with Crippen molar-refractivity contribution in [1.82, 2.24) is 4.72 Å². The summed E-state index contributed by atoms with van der Waals surface area (Å²) in [7, 11) is -5.96. The number of hydrogen-bond donors (Lipinski definition) is 1. The van der Waals surface area contributed by atoms with Crippen LogP contribution in [-0.2, 0) is 20.8 Å². The van der Waals surface area contributed by atoms with E-state index < -0.39 is 37.1 Å². The van der Waals surface area contributed by atoms with Crippen molar-refractivity contribution in [2.24, 2.45) is 0 Å². The molecule has 0 aliphatic rings. The Balaban J connectivity index is 2.45. The largest absolute Gasteiger partial charge is 0.242 e. The summed E-state index contributed by atoms with van der Waals surface area (Å²) in [6.07, 6.45) is 0. The van der Waals surface area contributed by atoms with Gasteiger partial charge in [-0.3, -0.25) is 0 Å². The van der Waals surface area contributed by atoms with Gasteiger partial charge in [0.1, 0.15) is 0 Å². The molecule has 0 fully saturated rings. The summed E-state index contributed by atoms with van der Waals surface area (Å²) < 4.78 is 55.1. The lowest BCUT2D eigenvalue weighted by atomic mass is 10.1. The summed E-state index contributed by atoms with van der Waals surface area (Å²) in [5.74, 6) is 0. The first-order valence-corrected chi connectivity index (χ1v) is 11.0. The first-order chi connectivity index (χ1) is 12.0. The van der Waals surface area contributed by atoms with Crippen LogP contribution < -0.4 is 4.72 Å². The van der Waals surface area contributed by atoms with Gasteiger partial charge in [-0.15, -0.1) is 0 Å². The number of nitrogens with one attached hydrogen (secondary N) is 1. The van der Waals surface area contributed by atoms with Gasteiger partial charge in [-0.05, 0) is 50.6 Å². The SMILES string of the molecule is CC(C)(C)S(=O)NC(c1ccc(Cl)cc1)C(F)S(=O)(=O)c1ccccc1. The molecule has 8 heteroatoms. The number of halogens is 2. The van der Waals surface area contributed by atoms with Gasteiger partial charge < -0.3 is 0 Å². The van der Waals surface area contributed by atoms with Crippen molar-refractivity contribution in [2.75, 3.05) is 0 Å². The minimum atomic E-state index is -4.28.